The molecule has 0 saturated carbocycles. The molecule has 96 valence electrons. The Balaban J connectivity index is 2.49. The lowest BCUT2D eigenvalue weighted by Gasteiger charge is -2.12. The third kappa shape index (κ3) is 5.19. The minimum atomic E-state index is -2.89. The average Bonchev–Trinajstić information content (AvgIpc) is 2.27. The van der Waals surface area contributed by atoms with Crippen LogP contribution < -0.4 is 10.5 Å². The predicted molar refractivity (Wildman–Crippen MR) is 68.9 cm³/mol. The van der Waals surface area contributed by atoms with Gasteiger partial charge in [0.25, 0.3) is 0 Å². The van der Waals surface area contributed by atoms with Gasteiger partial charge in [-0.2, -0.15) is 0 Å². The highest BCUT2D eigenvalue weighted by molar-refractivity contribution is 7.90. The van der Waals surface area contributed by atoms with Gasteiger partial charge in [0.05, 0.1) is 7.11 Å². The Morgan fingerprint density at radius 1 is 1.29 bits per heavy atom. The second kappa shape index (κ2) is 6.02. The fourth-order valence-corrected chi connectivity index (χ4v) is 2.27. The first-order valence-electron chi connectivity index (χ1n) is 5.49. The van der Waals surface area contributed by atoms with Crippen molar-refractivity contribution in [3.8, 4) is 5.75 Å². The van der Waals surface area contributed by atoms with Crippen LogP contribution in [0.15, 0.2) is 24.3 Å². The molecule has 0 aliphatic carbocycles. The van der Waals surface area contributed by atoms with E-state index in [-0.39, 0.29) is 11.8 Å². The van der Waals surface area contributed by atoms with Crippen molar-refractivity contribution in [1.29, 1.82) is 0 Å². The number of benzene rings is 1. The number of hydrogen-bond donors (Lipinski definition) is 1. The summed E-state index contributed by atoms with van der Waals surface area (Å²) in [5, 5.41) is 0. The molecule has 0 saturated heterocycles. The molecular weight excluding hydrogens is 238 g/mol. The lowest BCUT2D eigenvalue weighted by Crippen LogP contribution is -2.12. The van der Waals surface area contributed by atoms with E-state index < -0.39 is 9.84 Å². The molecule has 2 N–H and O–H groups in total. The number of hydrogen-bond acceptors (Lipinski definition) is 4. The van der Waals surface area contributed by atoms with E-state index in [1.807, 2.05) is 24.3 Å². The van der Waals surface area contributed by atoms with E-state index in [0.717, 1.165) is 11.3 Å². The number of ether oxygens (including phenoxy) is 1. The Labute approximate surface area is 103 Å². The molecule has 1 aromatic carbocycles. The molecule has 0 radical (unpaired) electrons. The van der Waals surface area contributed by atoms with E-state index in [2.05, 4.69) is 0 Å². The average molecular weight is 257 g/mol. The summed E-state index contributed by atoms with van der Waals surface area (Å²) in [6, 6.07) is 7.40. The zero-order valence-corrected chi connectivity index (χ0v) is 11.0. The van der Waals surface area contributed by atoms with E-state index in [1.165, 1.54) is 6.26 Å². The summed E-state index contributed by atoms with van der Waals surface area (Å²) >= 11 is 0. The van der Waals surface area contributed by atoms with Crippen LogP contribution in [0.5, 0.6) is 5.75 Å². The molecule has 0 fully saturated rings. The van der Waals surface area contributed by atoms with Crippen molar-refractivity contribution in [2.45, 2.75) is 18.9 Å². The minimum absolute atomic E-state index is 0.123. The Kier molecular flexibility index (Phi) is 4.96. The normalized spacial score (nSPS) is 13.4. The van der Waals surface area contributed by atoms with Crippen molar-refractivity contribution < 1.29 is 13.2 Å². The zero-order chi connectivity index (χ0) is 12.9. The lowest BCUT2D eigenvalue weighted by atomic mass is 10.0. The Morgan fingerprint density at radius 3 is 2.35 bits per heavy atom. The molecule has 1 aromatic rings. The Bertz CT molecular complexity index is 439. The van der Waals surface area contributed by atoms with Gasteiger partial charge >= 0.3 is 0 Å². The van der Waals surface area contributed by atoms with Crippen LogP contribution in [-0.2, 0) is 9.84 Å². The predicted octanol–water partition coefficient (Wildman–Crippen LogP) is 1.52. The molecule has 0 spiro atoms. The molecule has 1 unspecified atom stereocenters. The van der Waals surface area contributed by atoms with Crippen LogP contribution >= 0.6 is 0 Å². The second-order valence-electron chi connectivity index (χ2n) is 4.15. The topological polar surface area (TPSA) is 69.4 Å². The summed E-state index contributed by atoms with van der Waals surface area (Å²) in [5.74, 6) is 0.980. The third-order valence-electron chi connectivity index (χ3n) is 2.57. The SMILES string of the molecule is COc1ccc(C(N)CCCS(C)(=O)=O)cc1. The van der Waals surface area contributed by atoms with Crippen LogP contribution in [0.3, 0.4) is 0 Å². The van der Waals surface area contributed by atoms with Crippen molar-refractivity contribution in [2.24, 2.45) is 5.73 Å². The molecule has 0 heterocycles. The maximum Gasteiger partial charge on any atom is 0.147 e. The van der Waals surface area contributed by atoms with Gasteiger partial charge in [-0.3, -0.25) is 0 Å². The van der Waals surface area contributed by atoms with Crippen molar-refractivity contribution in [1.82, 2.24) is 0 Å². The fraction of sp³-hybridized carbons (Fsp3) is 0.500. The van der Waals surface area contributed by atoms with Gasteiger partial charge in [-0.25, -0.2) is 8.42 Å². The minimum Gasteiger partial charge on any atom is -0.497 e. The highest BCUT2D eigenvalue weighted by Gasteiger charge is 2.08. The van der Waals surface area contributed by atoms with Crippen LogP contribution in [0.2, 0.25) is 0 Å². The molecule has 5 heteroatoms. The summed E-state index contributed by atoms with van der Waals surface area (Å²) in [6.07, 6.45) is 2.50. The van der Waals surface area contributed by atoms with Gasteiger partial charge in [0.2, 0.25) is 0 Å². The zero-order valence-electron chi connectivity index (χ0n) is 10.2. The highest BCUT2D eigenvalue weighted by Crippen LogP contribution is 2.19. The van der Waals surface area contributed by atoms with E-state index in [9.17, 15) is 8.42 Å². The highest BCUT2D eigenvalue weighted by atomic mass is 32.2. The van der Waals surface area contributed by atoms with Crippen molar-refractivity contribution in [2.75, 3.05) is 19.1 Å². The van der Waals surface area contributed by atoms with E-state index in [4.69, 9.17) is 10.5 Å². The summed E-state index contributed by atoms with van der Waals surface area (Å²) in [4.78, 5) is 0. The van der Waals surface area contributed by atoms with Crippen LogP contribution in [-0.4, -0.2) is 27.5 Å². The molecule has 17 heavy (non-hydrogen) atoms. The molecule has 0 aliphatic heterocycles. The molecule has 1 rings (SSSR count). The van der Waals surface area contributed by atoms with Gasteiger partial charge in [-0.05, 0) is 30.5 Å². The first-order chi connectivity index (χ1) is 7.92. The van der Waals surface area contributed by atoms with Crippen molar-refractivity contribution in [3.63, 3.8) is 0 Å². The van der Waals surface area contributed by atoms with Gasteiger partial charge in [0.1, 0.15) is 15.6 Å². The van der Waals surface area contributed by atoms with Crippen molar-refractivity contribution in [3.05, 3.63) is 29.8 Å². The quantitative estimate of drug-likeness (QED) is 0.839. The monoisotopic (exact) mass is 257 g/mol. The number of sulfone groups is 1. The maximum absolute atomic E-state index is 11.0. The number of rotatable bonds is 6. The Hall–Kier alpha value is -1.07. The second-order valence-corrected chi connectivity index (χ2v) is 6.41. The van der Waals surface area contributed by atoms with Crippen LogP contribution in [0.25, 0.3) is 0 Å². The third-order valence-corrected chi connectivity index (χ3v) is 3.60. The van der Waals surface area contributed by atoms with E-state index in [1.54, 1.807) is 7.11 Å². The largest absolute Gasteiger partial charge is 0.497 e. The van der Waals surface area contributed by atoms with Gasteiger partial charge in [0, 0.05) is 18.1 Å². The lowest BCUT2D eigenvalue weighted by molar-refractivity contribution is 0.414. The van der Waals surface area contributed by atoms with Gasteiger partial charge in [-0.15, -0.1) is 0 Å². The summed E-state index contributed by atoms with van der Waals surface area (Å²) in [7, 11) is -1.28. The number of methoxy groups -OCH3 is 1. The summed E-state index contributed by atoms with van der Waals surface area (Å²) in [6.45, 7) is 0. The molecule has 0 aliphatic rings. The Morgan fingerprint density at radius 2 is 1.88 bits per heavy atom. The number of nitrogens with two attached hydrogens (primary N) is 1. The van der Waals surface area contributed by atoms with E-state index in [0.29, 0.717) is 12.8 Å². The molecular formula is C12H19NO3S. The van der Waals surface area contributed by atoms with Gasteiger partial charge < -0.3 is 10.5 Å². The molecule has 0 aromatic heterocycles. The standard InChI is InChI=1S/C12H19NO3S/c1-16-11-7-5-10(6-8-11)12(13)4-3-9-17(2,14)15/h5-8,12H,3-4,9,13H2,1-2H3. The van der Waals surface area contributed by atoms with Crippen LogP contribution in [0.4, 0.5) is 0 Å². The van der Waals surface area contributed by atoms with Crippen LogP contribution in [0.1, 0.15) is 24.4 Å². The first-order valence-corrected chi connectivity index (χ1v) is 7.55. The summed E-state index contributed by atoms with van der Waals surface area (Å²) in [5.41, 5.74) is 6.98. The summed E-state index contributed by atoms with van der Waals surface area (Å²) < 4.78 is 27.0. The van der Waals surface area contributed by atoms with Gasteiger partial charge in [-0.1, -0.05) is 12.1 Å². The fourth-order valence-electron chi connectivity index (χ4n) is 1.58. The van der Waals surface area contributed by atoms with Crippen LogP contribution in [0, 0.1) is 0 Å². The maximum atomic E-state index is 11.0. The molecule has 0 bridgehead atoms. The molecule has 4 nitrogen and oxygen atoms in total. The first kappa shape index (κ1) is 14.0. The van der Waals surface area contributed by atoms with Crippen molar-refractivity contribution >= 4 is 9.84 Å². The van der Waals surface area contributed by atoms with Gasteiger partial charge in [0.15, 0.2) is 0 Å². The van der Waals surface area contributed by atoms with E-state index >= 15 is 0 Å². The molecule has 0 amide bonds. The molecule has 1 atom stereocenters. The smallest absolute Gasteiger partial charge is 0.147 e.